The molecule has 4 aromatic heterocycles. The molecule has 0 spiro atoms. The molecule has 5 N–H and O–H groups in total. The molecule has 335 valence electrons. The molecule has 0 bridgehead atoms. The molecule has 3 saturated heterocycles. The average molecular weight is 888 g/mol. The van der Waals surface area contributed by atoms with Gasteiger partial charge in [0.1, 0.15) is 66.1 Å². The Kier molecular flexibility index (Phi) is 14.6. The van der Waals surface area contributed by atoms with Crippen LogP contribution in [0, 0.1) is 0 Å². The van der Waals surface area contributed by atoms with Gasteiger partial charge in [0.25, 0.3) is 11.8 Å². The molecule has 22 heteroatoms. The second kappa shape index (κ2) is 19.7. The number of fused-ring (bicyclic) bond motifs is 3. The van der Waals surface area contributed by atoms with E-state index in [4.69, 9.17) is 23.7 Å². The van der Waals surface area contributed by atoms with Crippen molar-refractivity contribution in [3.63, 3.8) is 0 Å². The first-order valence-electron chi connectivity index (χ1n) is 19.7. The van der Waals surface area contributed by atoms with Gasteiger partial charge in [-0.2, -0.15) is 13.2 Å². The van der Waals surface area contributed by atoms with E-state index in [2.05, 4.69) is 37.5 Å². The predicted molar refractivity (Wildman–Crippen MR) is 223 cm³/mol. The van der Waals surface area contributed by atoms with Crippen LogP contribution in [0.3, 0.4) is 0 Å². The number of benzene rings is 2. The quantitative estimate of drug-likeness (QED) is 0.107. The third kappa shape index (κ3) is 10.1. The van der Waals surface area contributed by atoms with Gasteiger partial charge in [0.15, 0.2) is 18.2 Å². The molecule has 64 heavy (non-hydrogen) atoms. The molecule has 9 rings (SSSR count). The number of nitrogens with zero attached hydrogens (tertiary/aromatic N) is 6. The number of hydrogen-bond acceptors (Lipinski definition) is 14. The van der Waals surface area contributed by atoms with Crippen molar-refractivity contribution >= 4 is 60.2 Å². The highest BCUT2D eigenvalue weighted by molar-refractivity contribution is 6.08. The summed E-state index contributed by atoms with van der Waals surface area (Å²) in [5, 5.41) is 36.4. The molecule has 0 saturated carbocycles. The maximum atomic E-state index is 12.6. The van der Waals surface area contributed by atoms with Crippen LogP contribution in [0.2, 0.25) is 0 Å². The zero-order valence-corrected chi connectivity index (χ0v) is 34.4. The Morgan fingerprint density at radius 1 is 0.734 bits per heavy atom. The fourth-order valence-electron chi connectivity index (χ4n) is 7.41. The van der Waals surface area contributed by atoms with Gasteiger partial charge in [0.2, 0.25) is 6.29 Å². The van der Waals surface area contributed by atoms with Crippen molar-refractivity contribution in [1.82, 2.24) is 29.1 Å². The van der Waals surface area contributed by atoms with Gasteiger partial charge in [0.05, 0.1) is 23.5 Å². The number of aromatic nitrogens is 6. The first-order valence-corrected chi connectivity index (χ1v) is 19.7. The fraction of sp³-hybridized carbons (Fsp3) is 0.357. The van der Waals surface area contributed by atoms with Crippen LogP contribution in [-0.2, 0) is 23.7 Å². The molecule has 3 radical (unpaired) electrons. The zero-order valence-electron chi connectivity index (χ0n) is 34.4. The number of aliphatic hydroxyl groups excluding tert-OH is 3. The van der Waals surface area contributed by atoms with E-state index in [-0.39, 0.29) is 44.8 Å². The van der Waals surface area contributed by atoms with Crippen molar-refractivity contribution in [2.75, 3.05) is 17.2 Å². The average Bonchev–Trinajstić information content (AvgIpc) is 4.10. The summed E-state index contributed by atoms with van der Waals surface area (Å²) in [7, 11) is 0. The fourth-order valence-corrected chi connectivity index (χ4v) is 7.41. The van der Waals surface area contributed by atoms with E-state index in [0.29, 0.717) is 39.4 Å². The van der Waals surface area contributed by atoms with Gasteiger partial charge in [-0.05, 0) is 56.7 Å². The third-order valence-corrected chi connectivity index (χ3v) is 10.3. The van der Waals surface area contributed by atoms with Crippen LogP contribution < -0.4 is 10.6 Å². The lowest BCUT2D eigenvalue weighted by Crippen LogP contribution is -2.33. The number of ether oxygens (including phenoxy) is 4. The van der Waals surface area contributed by atoms with Crippen molar-refractivity contribution < 1.29 is 61.8 Å². The molecule has 2 amide bonds. The number of hydrogen-bond donors (Lipinski definition) is 5. The lowest BCUT2D eigenvalue weighted by Gasteiger charge is -2.24. The molecule has 6 aromatic rings. The smallest absolute Gasteiger partial charge is 0.394 e. The summed E-state index contributed by atoms with van der Waals surface area (Å²) in [5.74, 6) is -0.410. The van der Waals surface area contributed by atoms with Crippen LogP contribution >= 0.6 is 0 Å². The highest BCUT2D eigenvalue weighted by Crippen LogP contribution is 2.45. The molecule has 0 aliphatic carbocycles. The van der Waals surface area contributed by atoms with E-state index in [9.17, 15) is 38.1 Å². The summed E-state index contributed by atoms with van der Waals surface area (Å²) in [6.45, 7) is 5.50. The Morgan fingerprint density at radius 3 is 1.62 bits per heavy atom. The van der Waals surface area contributed by atoms with Crippen LogP contribution in [0.4, 0.5) is 24.8 Å². The molecule has 3 aliphatic heterocycles. The van der Waals surface area contributed by atoms with Gasteiger partial charge in [-0.25, -0.2) is 19.9 Å². The Balaban J connectivity index is 0.000000187. The second-order valence-corrected chi connectivity index (χ2v) is 14.9. The van der Waals surface area contributed by atoms with Crippen LogP contribution in [0.5, 0.6) is 0 Å². The summed E-state index contributed by atoms with van der Waals surface area (Å²) in [6, 6.07) is 21.3. The Bertz CT molecular complexity index is 2550. The number of amides is 2. The molecule has 7 heterocycles. The van der Waals surface area contributed by atoms with Crippen LogP contribution in [-0.4, -0.2) is 126 Å². The monoisotopic (exact) mass is 887 g/mol. The van der Waals surface area contributed by atoms with Gasteiger partial charge < -0.3 is 54.0 Å². The van der Waals surface area contributed by atoms with E-state index in [1.54, 1.807) is 53.2 Å². The minimum atomic E-state index is -4.64. The second-order valence-electron chi connectivity index (χ2n) is 14.9. The van der Waals surface area contributed by atoms with Crippen molar-refractivity contribution in [1.29, 1.82) is 0 Å². The van der Waals surface area contributed by atoms with E-state index in [1.165, 1.54) is 12.7 Å². The first-order chi connectivity index (χ1) is 30.1. The first kappa shape index (κ1) is 47.3. The Morgan fingerprint density at radius 2 is 1.19 bits per heavy atom. The SMILES string of the molecule is CC[C@H]1O[C@@H](n2ccc3c(NC(=O)c4ccccc4)ncnc32)C2OC(C)(C)O[C@H]21.O=C(Nc1ncnc2c1ccn2[C@@H]1O[C@H](CO)[C@H](O)C1O)c1ccccc1.O=CC(F)(F)F.[B]. The maximum Gasteiger partial charge on any atom is 0.446 e. The van der Waals surface area contributed by atoms with Gasteiger partial charge >= 0.3 is 6.18 Å². The Hall–Kier alpha value is -6.14. The van der Waals surface area contributed by atoms with Gasteiger partial charge in [0, 0.05) is 31.9 Å². The molecular weight excluding hydrogens is 844 g/mol. The van der Waals surface area contributed by atoms with E-state index in [0.717, 1.165) is 11.8 Å². The number of carbonyl (C=O) groups is 3. The number of alkyl halides is 3. The van der Waals surface area contributed by atoms with Crippen molar-refractivity contribution in [3.8, 4) is 0 Å². The molecule has 3 fully saturated rings. The number of aldehydes is 1. The standard InChI is InChI=1S/C22H24N4O4.C18H18N4O5.C2HF3O.B/c1-4-15-16-17(30-22(2,3)29-16)21(28-15)26-11-10-14-18(23-12-24-19(14)26)25-20(27)13-8-6-5-7-9-13;23-8-12-13(24)14(25)18(27-12)22-7-6-11-15(19-9-20-16(11)22)21-17(26)10-4-2-1-3-5-10;3-2(4,5)1-6;/h5-12,15-17,21H,4H2,1-3H3,(H,23,24,25,27);1-7,9,12-14,18,23-25H,8H2,(H,19,20,21,26);1H;/t15-,16+,17?,21-;12-,13+,14?,18-;;/m11../s1. The lowest BCUT2D eigenvalue weighted by atomic mass is 10.1. The highest BCUT2D eigenvalue weighted by Gasteiger charge is 2.55. The summed E-state index contributed by atoms with van der Waals surface area (Å²) in [4.78, 5) is 50.7. The van der Waals surface area contributed by atoms with E-state index >= 15 is 0 Å². The van der Waals surface area contributed by atoms with Gasteiger partial charge in [-0.3, -0.25) is 14.4 Å². The lowest BCUT2D eigenvalue weighted by molar-refractivity contribution is -0.196. The molecule has 8 atom stereocenters. The van der Waals surface area contributed by atoms with Gasteiger partial charge in [-0.15, -0.1) is 0 Å². The van der Waals surface area contributed by atoms with Crippen molar-refractivity contribution in [3.05, 3.63) is 109 Å². The predicted octanol–water partition coefficient (Wildman–Crippen LogP) is 4.17. The van der Waals surface area contributed by atoms with E-state index in [1.807, 2.05) is 54.9 Å². The minimum Gasteiger partial charge on any atom is -0.394 e. The number of aliphatic hydroxyl groups is 3. The highest BCUT2D eigenvalue weighted by atomic mass is 19.4. The van der Waals surface area contributed by atoms with Crippen LogP contribution in [0.1, 0.15) is 60.4 Å². The number of anilines is 2. The summed E-state index contributed by atoms with van der Waals surface area (Å²) in [5.41, 5.74) is 2.15. The van der Waals surface area contributed by atoms with Crippen LogP contribution in [0.15, 0.2) is 97.8 Å². The topological polar surface area (TPSA) is 234 Å². The van der Waals surface area contributed by atoms with E-state index < -0.39 is 49.4 Å². The zero-order chi connectivity index (χ0) is 45.1. The minimum absolute atomic E-state index is 0. The van der Waals surface area contributed by atoms with Gasteiger partial charge in [-0.1, -0.05) is 43.3 Å². The van der Waals surface area contributed by atoms with Crippen LogP contribution in [0.25, 0.3) is 22.1 Å². The molecular formula is C42H43BF3N8O10. The van der Waals surface area contributed by atoms with Crippen molar-refractivity contribution in [2.24, 2.45) is 0 Å². The van der Waals surface area contributed by atoms with Crippen molar-refractivity contribution in [2.45, 2.75) is 88.2 Å². The molecule has 2 aromatic carbocycles. The normalized spacial score (nSPS) is 24.4. The molecule has 2 unspecified atom stereocenters. The largest absolute Gasteiger partial charge is 0.446 e. The molecule has 3 aliphatic rings. The summed E-state index contributed by atoms with van der Waals surface area (Å²) in [6.07, 6.45) is -3.66. The summed E-state index contributed by atoms with van der Waals surface area (Å²) >= 11 is 0. The third-order valence-electron chi connectivity index (χ3n) is 10.3. The number of nitrogens with one attached hydrogen (secondary N) is 2. The number of halogens is 3. The Labute approximate surface area is 364 Å². The number of rotatable bonds is 8. The maximum absolute atomic E-state index is 12.6. The summed E-state index contributed by atoms with van der Waals surface area (Å²) < 4.78 is 58.8. The number of carbonyl (C=O) groups excluding carboxylic acids is 3. The molecule has 18 nitrogen and oxygen atoms in total.